The molecule has 0 heterocycles. The fourth-order valence-corrected chi connectivity index (χ4v) is 2.26. The molecule has 0 aliphatic rings. The molecule has 4 heteroatoms. The molecule has 0 spiro atoms. The lowest BCUT2D eigenvalue weighted by Gasteiger charge is -2.04. The summed E-state index contributed by atoms with van der Waals surface area (Å²) in [7, 11) is 1.62. The summed E-state index contributed by atoms with van der Waals surface area (Å²) in [5.41, 5.74) is 1.71. The number of hydrogen-bond donors (Lipinski definition) is 1. The van der Waals surface area contributed by atoms with Crippen LogP contribution in [0.4, 0.5) is 5.69 Å². The van der Waals surface area contributed by atoms with Gasteiger partial charge in [-0.25, -0.2) is 0 Å². The Labute approximate surface area is 129 Å². The van der Waals surface area contributed by atoms with E-state index < -0.39 is 0 Å². The number of carbonyl (C=O) groups is 1. The lowest BCUT2D eigenvalue weighted by atomic mass is 10.2. The number of nitrogens with one attached hydrogen (secondary N) is 1. The number of benzene rings is 2. The van der Waals surface area contributed by atoms with Crippen LogP contribution in [0.15, 0.2) is 59.5 Å². The molecule has 2 aromatic rings. The summed E-state index contributed by atoms with van der Waals surface area (Å²) >= 11 is 1.64. The zero-order valence-corrected chi connectivity index (χ0v) is 12.8. The highest BCUT2D eigenvalue weighted by molar-refractivity contribution is 7.98. The molecule has 0 aliphatic carbocycles. The Balaban J connectivity index is 2.01. The van der Waals surface area contributed by atoms with Crippen molar-refractivity contribution in [2.24, 2.45) is 0 Å². The molecule has 1 amide bonds. The number of carbonyl (C=O) groups excluding carboxylic acids is 1. The largest absolute Gasteiger partial charge is 0.497 e. The minimum atomic E-state index is -0.156. The number of anilines is 1. The molecule has 0 saturated heterocycles. The van der Waals surface area contributed by atoms with Crippen LogP contribution >= 0.6 is 11.8 Å². The molecule has 0 fully saturated rings. The van der Waals surface area contributed by atoms with E-state index in [1.165, 1.54) is 6.08 Å². The maximum atomic E-state index is 11.9. The van der Waals surface area contributed by atoms with Crippen molar-refractivity contribution < 1.29 is 9.53 Å². The van der Waals surface area contributed by atoms with Gasteiger partial charge in [0.15, 0.2) is 0 Å². The summed E-state index contributed by atoms with van der Waals surface area (Å²) in [5, 5.41) is 2.85. The van der Waals surface area contributed by atoms with Crippen molar-refractivity contribution in [3.63, 3.8) is 0 Å². The molecular weight excluding hydrogens is 282 g/mol. The fraction of sp³-hybridized carbons (Fsp3) is 0.118. The molecule has 0 atom stereocenters. The van der Waals surface area contributed by atoms with Crippen LogP contribution < -0.4 is 10.1 Å². The topological polar surface area (TPSA) is 38.3 Å². The van der Waals surface area contributed by atoms with Gasteiger partial charge in [-0.1, -0.05) is 18.2 Å². The van der Waals surface area contributed by atoms with E-state index in [1.807, 2.05) is 54.8 Å². The van der Waals surface area contributed by atoms with Gasteiger partial charge in [0.25, 0.3) is 0 Å². The molecule has 3 nitrogen and oxygen atoms in total. The molecule has 2 rings (SSSR count). The van der Waals surface area contributed by atoms with Gasteiger partial charge >= 0.3 is 0 Å². The van der Waals surface area contributed by atoms with Gasteiger partial charge in [0, 0.05) is 16.7 Å². The molecule has 0 unspecified atom stereocenters. The van der Waals surface area contributed by atoms with Crippen molar-refractivity contribution in [3.8, 4) is 5.75 Å². The molecule has 0 bridgehead atoms. The summed E-state index contributed by atoms with van der Waals surface area (Å²) in [6, 6.07) is 15.3. The van der Waals surface area contributed by atoms with Crippen LogP contribution in [0, 0.1) is 0 Å². The number of hydrogen-bond acceptors (Lipinski definition) is 3. The second-order valence-electron chi connectivity index (χ2n) is 4.33. The first kappa shape index (κ1) is 15.2. The Morgan fingerprint density at radius 3 is 2.76 bits per heavy atom. The second kappa shape index (κ2) is 7.55. The van der Waals surface area contributed by atoms with Crippen LogP contribution in [-0.4, -0.2) is 19.3 Å². The minimum Gasteiger partial charge on any atom is -0.497 e. The van der Waals surface area contributed by atoms with Gasteiger partial charge in [0.05, 0.1) is 7.11 Å². The maximum Gasteiger partial charge on any atom is 0.248 e. The van der Waals surface area contributed by atoms with E-state index in [0.29, 0.717) is 0 Å². The SMILES string of the molecule is COc1cccc(C=CC(=O)Nc2cccc(SC)c2)c1. The van der Waals surface area contributed by atoms with Gasteiger partial charge in [-0.3, -0.25) is 4.79 Å². The van der Waals surface area contributed by atoms with E-state index in [9.17, 15) is 4.79 Å². The fourth-order valence-electron chi connectivity index (χ4n) is 1.80. The first-order valence-corrected chi connectivity index (χ1v) is 7.71. The van der Waals surface area contributed by atoms with Gasteiger partial charge in [0.1, 0.15) is 5.75 Å². The third-order valence-corrected chi connectivity index (χ3v) is 3.58. The third-order valence-electron chi connectivity index (χ3n) is 2.86. The van der Waals surface area contributed by atoms with Gasteiger partial charge in [-0.2, -0.15) is 0 Å². The second-order valence-corrected chi connectivity index (χ2v) is 5.21. The summed E-state index contributed by atoms with van der Waals surface area (Å²) in [5.74, 6) is 0.612. The Bertz CT molecular complexity index is 653. The molecule has 2 aromatic carbocycles. The van der Waals surface area contributed by atoms with Crippen LogP contribution in [0.3, 0.4) is 0 Å². The van der Waals surface area contributed by atoms with Crippen LogP contribution in [0.25, 0.3) is 6.08 Å². The lowest BCUT2D eigenvalue weighted by molar-refractivity contribution is -0.111. The van der Waals surface area contributed by atoms with Crippen LogP contribution in [-0.2, 0) is 4.79 Å². The van der Waals surface area contributed by atoms with Crippen LogP contribution in [0.2, 0.25) is 0 Å². The third kappa shape index (κ3) is 4.68. The van der Waals surface area contributed by atoms with Crippen molar-refractivity contribution in [1.29, 1.82) is 0 Å². The molecule has 0 aliphatic heterocycles. The van der Waals surface area contributed by atoms with Gasteiger partial charge in [-0.15, -0.1) is 11.8 Å². The molecule has 0 saturated carbocycles. The number of amides is 1. The zero-order chi connectivity index (χ0) is 15.1. The molecule has 0 aromatic heterocycles. The van der Waals surface area contributed by atoms with Crippen molar-refractivity contribution in [3.05, 3.63) is 60.2 Å². The summed E-state index contributed by atoms with van der Waals surface area (Å²) < 4.78 is 5.15. The van der Waals surface area contributed by atoms with Crippen molar-refractivity contribution in [2.75, 3.05) is 18.7 Å². The van der Waals surface area contributed by atoms with Crippen molar-refractivity contribution in [1.82, 2.24) is 0 Å². The monoisotopic (exact) mass is 299 g/mol. The predicted molar refractivity (Wildman–Crippen MR) is 88.9 cm³/mol. The molecule has 21 heavy (non-hydrogen) atoms. The number of methoxy groups -OCH3 is 1. The molecule has 0 radical (unpaired) electrons. The number of thioether (sulfide) groups is 1. The zero-order valence-electron chi connectivity index (χ0n) is 12.0. The normalized spacial score (nSPS) is 10.6. The highest BCUT2D eigenvalue weighted by atomic mass is 32.2. The Morgan fingerprint density at radius 2 is 2.00 bits per heavy atom. The predicted octanol–water partition coefficient (Wildman–Crippen LogP) is 4.07. The number of ether oxygens (including phenoxy) is 1. The maximum absolute atomic E-state index is 11.9. The average molecular weight is 299 g/mol. The van der Waals surface area contributed by atoms with E-state index in [2.05, 4.69) is 5.32 Å². The first-order valence-electron chi connectivity index (χ1n) is 6.48. The molecule has 1 N–H and O–H groups in total. The summed E-state index contributed by atoms with van der Waals surface area (Å²) in [6.45, 7) is 0. The van der Waals surface area contributed by atoms with Gasteiger partial charge in [-0.05, 0) is 48.2 Å². The van der Waals surface area contributed by atoms with Crippen LogP contribution in [0.1, 0.15) is 5.56 Å². The van der Waals surface area contributed by atoms with E-state index in [0.717, 1.165) is 21.9 Å². The average Bonchev–Trinajstić information content (AvgIpc) is 2.53. The summed E-state index contributed by atoms with van der Waals surface area (Å²) in [4.78, 5) is 13.0. The summed E-state index contributed by atoms with van der Waals surface area (Å²) in [6.07, 6.45) is 5.28. The van der Waals surface area contributed by atoms with Crippen molar-refractivity contribution in [2.45, 2.75) is 4.90 Å². The van der Waals surface area contributed by atoms with Crippen molar-refractivity contribution >= 4 is 29.4 Å². The smallest absolute Gasteiger partial charge is 0.248 e. The van der Waals surface area contributed by atoms with Crippen LogP contribution in [0.5, 0.6) is 5.75 Å². The highest BCUT2D eigenvalue weighted by Crippen LogP contribution is 2.19. The Morgan fingerprint density at radius 1 is 1.19 bits per heavy atom. The Kier molecular flexibility index (Phi) is 5.46. The van der Waals surface area contributed by atoms with Gasteiger partial charge < -0.3 is 10.1 Å². The van der Waals surface area contributed by atoms with E-state index >= 15 is 0 Å². The highest BCUT2D eigenvalue weighted by Gasteiger charge is 1.99. The number of rotatable bonds is 5. The standard InChI is InChI=1S/C17H17NO2S/c1-20-15-7-3-5-13(11-15)9-10-17(19)18-14-6-4-8-16(12-14)21-2/h3-12H,1-2H3,(H,18,19). The first-order chi connectivity index (χ1) is 10.2. The van der Waals surface area contributed by atoms with Gasteiger partial charge in [0.2, 0.25) is 5.91 Å². The molecule has 108 valence electrons. The van der Waals surface area contributed by atoms with E-state index in [-0.39, 0.29) is 5.91 Å². The quantitative estimate of drug-likeness (QED) is 0.668. The lowest BCUT2D eigenvalue weighted by Crippen LogP contribution is -2.07. The molecular formula is C17H17NO2S. The van der Waals surface area contributed by atoms with E-state index in [4.69, 9.17) is 4.74 Å². The van der Waals surface area contributed by atoms with E-state index in [1.54, 1.807) is 24.9 Å². The minimum absolute atomic E-state index is 0.156. The Hall–Kier alpha value is -2.20.